The Kier molecular flexibility index (Phi) is 8.42. The van der Waals surface area contributed by atoms with Crippen molar-refractivity contribution in [1.82, 2.24) is 5.32 Å². The van der Waals surface area contributed by atoms with E-state index in [1.165, 1.54) is 5.56 Å². The lowest BCUT2D eigenvalue weighted by Crippen LogP contribution is -2.33. The third-order valence-electron chi connectivity index (χ3n) is 5.46. The summed E-state index contributed by atoms with van der Waals surface area (Å²) in [6, 6.07) is 23.1. The first-order valence-corrected chi connectivity index (χ1v) is 11.1. The van der Waals surface area contributed by atoms with Crippen LogP contribution in [0.3, 0.4) is 0 Å². The molecule has 0 spiro atoms. The summed E-state index contributed by atoms with van der Waals surface area (Å²) >= 11 is 0. The minimum atomic E-state index is -0.989. The molecule has 3 rings (SSSR count). The number of aliphatic hydroxyl groups is 1. The molecule has 5 heteroatoms. The zero-order chi connectivity index (χ0) is 22.9. The van der Waals surface area contributed by atoms with Crippen molar-refractivity contribution in [3.8, 4) is 16.9 Å². The van der Waals surface area contributed by atoms with Crippen LogP contribution in [0, 0.1) is 0 Å². The van der Waals surface area contributed by atoms with Crippen LogP contribution in [-0.2, 0) is 6.42 Å². The van der Waals surface area contributed by atoms with E-state index >= 15 is 0 Å². The van der Waals surface area contributed by atoms with Gasteiger partial charge in [-0.2, -0.15) is 0 Å². The highest BCUT2D eigenvalue weighted by molar-refractivity contribution is 5.92. The zero-order valence-electron chi connectivity index (χ0n) is 18.6. The van der Waals surface area contributed by atoms with Gasteiger partial charge in [0, 0.05) is 6.04 Å². The summed E-state index contributed by atoms with van der Waals surface area (Å²) < 4.78 is 5.65. The summed E-state index contributed by atoms with van der Waals surface area (Å²) in [4.78, 5) is 11.4. The largest absolute Gasteiger partial charge is 0.493 e. The lowest BCUT2D eigenvalue weighted by molar-refractivity contribution is 0.0692. The molecular formula is C27H31NO4. The molecular weight excluding hydrogens is 402 g/mol. The number of carbonyl (C=O) groups is 1. The van der Waals surface area contributed by atoms with Crippen LogP contribution in [0.2, 0.25) is 0 Å². The second kappa shape index (κ2) is 11.5. The summed E-state index contributed by atoms with van der Waals surface area (Å²) in [6.07, 6.45) is 1.11. The molecule has 2 atom stereocenters. The Morgan fingerprint density at radius 1 is 1.00 bits per heavy atom. The fraction of sp³-hybridized carbons (Fsp3) is 0.296. The van der Waals surface area contributed by atoms with Gasteiger partial charge in [0.2, 0.25) is 0 Å². The summed E-state index contributed by atoms with van der Waals surface area (Å²) in [6.45, 7) is 5.21. The quantitative estimate of drug-likeness (QED) is 0.392. The van der Waals surface area contributed by atoms with Gasteiger partial charge in [0.05, 0.1) is 12.7 Å². The summed E-state index contributed by atoms with van der Waals surface area (Å²) in [5.74, 6) is -0.590. The van der Waals surface area contributed by atoms with E-state index in [9.17, 15) is 15.0 Å². The Balaban J connectivity index is 1.59. The van der Waals surface area contributed by atoms with E-state index < -0.39 is 12.1 Å². The third kappa shape index (κ3) is 6.19. The fourth-order valence-corrected chi connectivity index (χ4v) is 3.57. The Hall–Kier alpha value is -3.15. The number of rotatable bonds is 11. The van der Waals surface area contributed by atoms with Crippen LogP contribution in [0.5, 0.6) is 5.75 Å². The third-order valence-corrected chi connectivity index (χ3v) is 5.46. The number of ether oxygens (including phenoxy) is 1. The van der Waals surface area contributed by atoms with Crippen LogP contribution in [0.1, 0.15) is 47.9 Å². The van der Waals surface area contributed by atoms with Gasteiger partial charge in [-0.05, 0) is 60.7 Å². The van der Waals surface area contributed by atoms with Gasteiger partial charge in [-0.3, -0.25) is 0 Å². The molecule has 0 radical (unpaired) electrons. The van der Waals surface area contributed by atoms with E-state index in [1.807, 2.05) is 62.4 Å². The van der Waals surface area contributed by atoms with Crippen molar-refractivity contribution in [2.24, 2.45) is 0 Å². The lowest BCUT2D eigenvalue weighted by Gasteiger charge is -2.20. The zero-order valence-corrected chi connectivity index (χ0v) is 18.6. The van der Waals surface area contributed by atoms with E-state index in [2.05, 4.69) is 17.4 Å². The van der Waals surface area contributed by atoms with Crippen LogP contribution in [0.25, 0.3) is 11.1 Å². The Morgan fingerprint density at radius 3 is 2.34 bits per heavy atom. The van der Waals surface area contributed by atoms with Crippen LogP contribution in [-0.4, -0.2) is 35.4 Å². The van der Waals surface area contributed by atoms with Gasteiger partial charge < -0.3 is 20.3 Å². The highest BCUT2D eigenvalue weighted by Gasteiger charge is 2.15. The molecule has 0 aliphatic heterocycles. The van der Waals surface area contributed by atoms with Gasteiger partial charge in [0.15, 0.2) is 0 Å². The molecule has 0 saturated carbocycles. The second-order valence-electron chi connectivity index (χ2n) is 7.91. The van der Waals surface area contributed by atoms with Gasteiger partial charge in [-0.15, -0.1) is 0 Å². The van der Waals surface area contributed by atoms with E-state index in [0.717, 1.165) is 36.1 Å². The van der Waals surface area contributed by atoms with E-state index in [-0.39, 0.29) is 11.6 Å². The van der Waals surface area contributed by atoms with Gasteiger partial charge in [-0.25, -0.2) is 4.79 Å². The Bertz CT molecular complexity index is 1000. The molecule has 3 aromatic rings. The molecule has 3 aromatic carbocycles. The molecule has 0 aromatic heterocycles. The first kappa shape index (κ1) is 23.5. The maximum atomic E-state index is 11.4. The standard InChI is InChI=1S/C27H31NO4/c1-3-17-32-25-18-23(13-14-24(25)27(30)31)21-11-9-20(10-12-21)15-16-28-19(2)26(29)22-7-5-4-6-8-22/h4-14,18-19,26,28-29H,3,15-17H2,1-2H3,(H,30,31)/t19-,26-/m0/s1. The minimum absolute atomic E-state index is 0.0500. The normalized spacial score (nSPS) is 12.8. The lowest BCUT2D eigenvalue weighted by atomic mass is 10.0. The van der Waals surface area contributed by atoms with Crippen molar-refractivity contribution in [1.29, 1.82) is 0 Å². The monoisotopic (exact) mass is 433 g/mol. The second-order valence-corrected chi connectivity index (χ2v) is 7.91. The molecule has 0 amide bonds. The molecule has 5 nitrogen and oxygen atoms in total. The predicted octanol–water partition coefficient (Wildman–Crippen LogP) is 5.09. The maximum absolute atomic E-state index is 11.4. The number of benzene rings is 3. The average Bonchev–Trinajstić information content (AvgIpc) is 2.82. The van der Waals surface area contributed by atoms with Crippen molar-refractivity contribution in [2.75, 3.05) is 13.2 Å². The summed E-state index contributed by atoms with van der Waals surface area (Å²) in [5, 5.41) is 23.2. The highest BCUT2D eigenvalue weighted by Crippen LogP contribution is 2.28. The summed E-state index contributed by atoms with van der Waals surface area (Å²) in [7, 11) is 0. The Labute approximate surface area is 189 Å². The number of nitrogens with one attached hydrogen (secondary N) is 1. The predicted molar refractivity (Wildman–Crippen MR) is 127 cm³/mol. The van der Waals surface area contributed by atoms with Crippen molar-refractivity contribution in [3.63, 3.8) is 0 Å². The van der Waals surface area contributed by atoms with Gasteiger partial charge in [0.1, 0.15) is 11.3 Å². The average molecular weight is 434 g/mol. The Morgan fingerprint density at radius 2 is 1.69 bits per heavy atom. The smallest absolute Gasteiger partial charge is 0.339 e. The first-order chi connectivity index (χ1) is 15.5. The SMILES string of the molecule is CCCOc1cc(-c2ccc(CCN[C@@H](C)[C@H](O)c3ccccc3)cc2)ccc1C(=O)O. The number of hydrogen-bond donors (Lipinski definition) is 3. The van der Waals surface area contributed by atoms with Crippen LogP contribution in [0.15, 0.2) is 72.8 Å². The van der Waals surface area contributed by atoms with Crippen LogP contribution in [0.4, 0.5) is 0 Å². The van der Waals surface area contributed by atoms with Crippen molar-refractivity contribution in [3.05, 3.63) is 89.5 Å². The van der Waals surface area contributed by atoms with Crippen molar-refractivity contribution in [2.45, 2.75) is 38.8 Å². The molecule has 0 saturated heterocycles. The number of hydrogen-bond acceptors (Lipinski definition) is 4. The van der Waals surface area contributed by atoms with Gasteiger partial charge in [0.25, 0.3) is 0 Å². The highest BCUT2D eigenvalue weighted by atomic mass is 16.5. The molecule has 0 aliphatic carbocycles. The summed E-state index contributed by atoms with van der Waals surface area (Å²) in [5.41, 5.74) is 4.20. The number of carboxylic acid groups (broad SMARTS) is 1. The fourth-order valence-electron chi connectivity index (χ4n) is 3.57. The van der Waals surface area contributed by atoms with Gasteiger partial charge >= 0.3 is 5.97 Å². The first-order valence-electron chi connectivity index (χ1n) is 11.1. The van der Waals surface area contributed by atoms with Crippen LogP contribution < -0.4 is 10.1 Å². The van der Waals surface area contributed by atoms with Crippen molar-refractivity contribution >= 4 is 5.97 Å². The van der Waals surface area contributed by atoms with E-state index in [4.69, 9.17) is 4.74 Å². The molecule has 0 heterocycles. The molecule has 168 valence electrons. The number of carboxylic acids is 1. The van der Waals surface area contributed by atoms with E-state index in [1.54, 1.807) is 12.1 Å². The molecule has 0 aliphatic rings. The molecule has 0 bridgehead atoms. The van der Waals surface area contributed by atoms with Crippen LogP contribution >= 0.6 is 0 Å². The molecule has 0 unspecified atom stereocenters. The topological polar surface area (TPSA) is 78.8 Å². The number of aromatic carboxylic acids is 1. The molecule has 3 N–H and O–H groups in total. The van der Waals surface area contributed by atoms with Gasteiger partial charge in [-0.1, -0.05) is 67.6 Å². The maximum Gasteiger partial charge on any atom is 0.339 e. The minimum Gasteiger partial charge on any atom is -0.493 e. The van der Waals surface area contributed by atoms with Crippen molar-refractivity contribution < 1.29 is 19.7 Å². The van der Waals surface area contributed by atoms with E-state index in [0.29, 0.717) is 12.4 Å². The molecule has 0 fully saturated rings. The number of aliphatic hydroxyl groups excluding tert-OH is 1. The molecule has 32 heavy (non-hydrogen) atoms.